The highest BCUT2D eigenvalue weighted by Crippen LogP contribution is 2.31. The van der Waals surface area contributed by atoms with E-state index in [4.69, 9.17) is 24.7 Å². The summed E-state index contributed by atoms with van der Waals surface area (Å²) in [5.41, 5.74) is 9.04. The van der Waals surface area contributed by atoms with Crippen LogP contribution in [0.15, 0.2) is 42.5 Å². The van der Waals surface area contributed by atoms with Gasteiger partial charge >= 0.3 is 0 Å². The predicted molar refractivity (Wildman–Crippen MR) is 140 cm³/mol. The number of fused-ring (bicyclic) bond motifs is 1. The fourth-order valence-corrected chi connectivity index (χ4v) is 4.38. The van der Waals surface area contributed by atoms with Crippen molar-refractivity contribution in [3.8, 4) is 5.75 Å². The smallest absolute Gasteiger partial charge is 0.254 e. The Balaban J connectivity index is 1.03. The molecule has 2 heterocycles. The second kappa shape index (κ2) is 13.8. The van der Waals surface area contributed by atoms with Crippen molar-refractivity contribution >= 4 is 23.2 Å². The molecule has 0 saturated carbocycles. The van der Waals surface area contributed by atoms with Crippen molar-refractivity contribution in [1.29, 1.82) is 0 Å². The zero-order valence-corrected chi connectivity index (χ0v) is 21.1. The summed E-state index contributed by atoms with van der Waals surface area (Å²) in [5.74, 6) is 0.855. The van der Waals surface area contributed by atoms with E-state index in [9.17, 15) is 9.59 Å². The molecule has 2 aliphatic heterocycles. The summed E-state index contributed by atoms with van der Waals surface area (Å²) in [7, 11) is 0. The first kappa shape index (κ1) is 26.7. The van der Waals surface area contributed by atoms with Crippen molar-refractivity contribution in [3.63, 3.8) is 0 Å². The lowest BCUT2D eigenvalue weighted by Crippen LogP contribution is -2.48. The number of nitrogens with one attached hydrogen (secondary N) is 2. The highest BCUT2D eigenvalue weighted by Gasteiger charge is 2.35. The molecule has 10 heteroatoms. The second-order valence-corrected chi connectivity index (χ2v) is 8.94. The molecule has 0 aliphatic carbocycles. The SMILES string of the molecule is Nc1ccc(OCCOCCOCCOCCNc2cccc3c2CN(C2CCC(=O)NC2)C3=O)cc1. The number of benzene rings is 2. The average Bonchev–Trinajstić information content (AvgIpc) is 3.25. The predicted octanol–water partition coefficient (Wildman–Crippen LogP) is 2.04. The number of nitrogens with zero attached hydrogens (tertiary/aromatic N) is 1. The second-order valence-electron chi connectivity index (χ2n) is 8.94. The molecule has 2 amide bonds. The van der Waals surface area contributed by atoms with Crippen molar-refractivity contribution in [2.24, 2.45) is 0 Å². The molecule has 2 aromatic carbocycles. The fraction of sp³-hybridized carbons (Fsp3) is 0.481. The Morgan fingerprint density at radius 3 is 2.32 bits per heavy atom. The third-order valence-electron chi connectivity index (χ3n) is 6.36. The molecule has 1 atom stereocenters. The molecular formula is C27H36N4O6. The number of anilines is 2. The molecule has 2 aromatic rings. The van der Waals surface area contributed by atoms with Gasteiger partial charge < -0.3 is 40.2 Å². The number of hydrogen-bond donors (Lipinski definition) is 3. The molecule has 0 aromatic heterocycles. The lowest BCUT2D eigenvalue weighted by Gasteiger charge is -2.31. The van der Waals surface area contributed by atoms with E-state index in [2.05, 4.69) is 10.6 Å². The van der Waals surface area contributed by atoms with Crippen LogP contribution in [0.25, 0.3) is 0 Å². The minimum absolute atomic E-state index is 0.0338. The van der Waals surface area contributed by atoms with Gasteiger partial charge in [-0.05, 0) is 42.8 Å². The van der Waals surface area contributed by atoms with E-state index < -0.39 is 0 Å². The van der Waals surface area contributed by atoms with E-state index in [-0.39, 0.29) is 17.9 Å². The Labute approximate surface area is 217 Å². The normalized spacial score (nSPS) is 17.0. The van der Waals surface area contributed by atoms with Crippen molar-refractivity contribution in [3.05, 3.63) is 53.6 Å². The number of hydrogen-bond acceptors (Lipinski definition) is 8. The first-order chi connectivity index (χ1) is 18.1. The third-order valence-corrected chi connectivity index (χ3v) is 6.36. The number of amides is 2. The lowest BCUT2D eigenvalue weighted by atomic mass is 10.1. The van der Waals surface area contributed by atoms with Gasteiger partial charge in [0.25, 0.3) is 5.91 Å². The molecular weight excluding hydrogens is 476 g/mol. The maximum absolute atomic E-state index is 12.9. The number of nitrogen functional groups attached to an aromatic ring is 1. The molecule has 200 valence electrons. The summed E-state index contributed by atoms with van der Waals surface area (Å²) in [6.45, 7) is 5.16. The minimum atomic E-state index is 0.0338. The number of nitrogens with two attached hydrogens (primary N) is 1. The highest BCUT2D eigenvalue weighted by molar-refractivity contribution is 6.00. The first-order valence-corrected chi connectivity index (χ1v) is 12.8. The van der Waals surface area contributed by atoms with Gasteiger partial charge in [-0.1, -0.05) is 6.07 Å². The van der Waals surface area contributed by atoms with E-state index in [0.717, 1.165) is 22.6 Å². The van der Waals surface area contributed by atoms with Crippen LogP contribution in [-0.2, 0) is 25.5 Å². The molecule has 2 aliphatic rings. The van der Waals surface area contributed by atoms with Gasteiger partial charge in [0.2, 0.25) is 5.91 Å². The van der Waals surface area contributed by atoms with Gasteiger partial charge in [-0.3, -0.25) is 9.59 Å². The zero-order valence-electron chi connectivity index (χ0n) is 21.1. The maximum Gasteiger partial charge on any atom is 0.254 e. The lowest BCUT2D eigenvalue weighted by molar-refractivity contribution is -0.123. The van der Waals surface area contributed by atoms with Gasteiger partial charge in [0.15, 0.2) is 0 Å². The van der Waals surface area contributed by atoms with E-state index in [0.29, 0.717) is 84.4 Å². The highest BCUT2D eigenvalue weighted by atomic mass is 16.6. The van der Waals surface area contributed by atoms with Gasteiger partial charge in [-0.2, -0.15) is 0 Å². The number of carbonyl (C=O) groups is 2. The van der Waals surface area contributed by atoms with Gasteiger partial charge in [-0.25, -0.2) is 0 Å². The maximum atomic E-state index is 12.9. The molecule has 1 saturated heterocycles. The summed E-state index contributed by atoms with van der Waals surface area (Å²) >= 11 is 0. The van der Waals surface area contributed by atoms with Crippen LogP contribution in [0.2, 0.25) is 0 Å². The van der Waals surface area contributed by atoms with Crippen LogP contribution in [-0.4, -0.2) is 82.1 Å². The Bertz CT molecular complexity index is 1020. The van der Waals surface area contributed by atoms with Gasteiger partial charge in [-0.15, -0.1) is 0 Å². The number of rotatable bonds is 15. The summed E-state index contributed by atoms with van der Waals surface area (Å²) < 4.78 is 22.2. The Hall–Kier alpha value is -3.34. The monoisotopic (exact) mass is 512 g/mol. The third kappa shape index (κ3) is 7.82. The Morgan fingerprint density at radius 2 is 1.62 bits per heavy atom. The molecule has 0 bridgehead atoms. The van der Waals surface area contributed by atoms with Crippen LogP contribution in [0.5, 0.6) is 5.75 Å². The molecule has 0 spiro atoms. The van der Waals surface area contributed by atoms with Gasteiger partial charge in [0.05, 0.1) is 45.7 Å². The van der Waals surface area contributed by atoms with Crippen LogP contribution < -0.4 is 21.1 Å². The van der Waals surface area contributed by atoms with Gasteiger partial charge in [0.1, 0.15) is 12.4 Å². The number of carbonyl (C=O) groups excluding carboxylic acids is 2. The van der Waals surface area contributed by atoms with Crippen molar-refractivity contribution < 1.29 is 28.5 Å². The topological polar surface area (TPSA) is 124 Å². The van der Waals surface area contributed by atoms with Crippen molar-refractivity contribution in [2.45, 2.75) is 25.4 Å². The summed E-state index contributed by atoms with van der Waals surface area (Å²) in [5, 5.41) is 6.25. The van der Waals surface area contributed by atoms with Crippen LogP contribution in [0.4, 0.5) is 11.4 Å². The van der Waals surface area contributed by atoms with Crippen LogP contribution >= 0.6 is 0 Å². The van der Waals surface area contributed by atoms with E-state index in [1.807, 2.05) is 35.2 Å². The zero-order chi connectivity index (χ0) is 25.9. The standard InChI is InChI=1S/C27H36N4O6/c28-20-4-7-22(8-5-20)37-17-16-36-15-14-35-13-12-34-11-10-29-25-3-1-2-23-24(25)19-31(27(23)33)21-6-9-26(32)30-18-21/h1-5,7-8,21,29H,6,9-19,28H2,(H,30,32). The molecule has 4 rings (SSSR count). The first-order valence-electron chi connectivity index (χ1n) is 12.8. The summed E-state index contributed by atoms with van der Waals surface area (Å²) in [4.78, 5) is 26.2. The molecule has 4 N–H and O–H groups in total. The van der Waals surface area contributed by atoms with Crippen LogP contribution in [0, 0.1) is 0 Å². The Morgan fingerprint density at radius 1 is 0.919 bits per heavy atom. The molecule has 1 unspecified atom stereocenters. The molecule has 10 nitrogen and oxygen atoms in total. The van der Waals surface area contributed by atoms with Crippen molar-refractivity contribution in [2.75, 3.05) is 70.4 Å². The molecule has 0 radical (unpaired) electrons. The number of ether oxygens (including phenoxy) is 4. The van der Waals surface area contributed by atoms with Crippen molar-refractivity contribution in [1.82, 2.24) is 10.2 Å². The average molecular weight is 513 g/mol. The molecule has 37 heavy (non-hydrogen) atoms. The van der Waals surface area contributed by atoms with E-state index >= 15 is 0 Å². The van der Waals surface area contributed by atoms with Gasteiger partial charge in [0, 0.05) is 48.6 Å². The summed E-state index contributed by atoms with van der Waals surface area (Å²) in [6.07, 6.45) is 1.17. The number of piperidine rings is 1. The van der Waals surface area contributed by atoms with E-state index in [1.165, 1.54) is 0 Å². The largest absolute Gasteiger partial charge is 0.491 e. The quantitative estimate of drug-likeness (QED) is 0.245. The Kier molecular flexibility index (Phi) is 9.98. The molecule has 1 fully saturated rings. The minimum Gasteiger partial charge on any atom is -0.491 e. The van der Waals surface area contributed by atoms with Crippen LogP contribution in [0.1, 0.15) is 28.8 Å². The summed E-state index contributed by atoms with van der Waals surface area (Å²) in [6, 6.07) is 13.1. The fourth-order valence-electron chi connectivity index (χ4n) is 4.38. The van der Waals surface area contributed by atoms with Crippen LogP contribution in [0.3, 0.4) is 0 Å². The van der Waals surface area contributed by atoms with E-state index in [1.54, 1.807) is 12.1 Å².